The minimum atomic E-state index is 0.676. The van der Waals surface area contributed by atoms with E-state index in [1.165, 1.54) is 47.1 Å². The van der Waals surface area contributed by atoms with Gasteiger partial charge in [0.1, 0.15) is 0 Å². The topological polar surface area (TPSA) is 0 Å². The van der Waals surface area contributed by atoms with Crippen LogP contribution < -0.4 is 0 Å². The van der Waals surface area contributed by atoms with E-state index in [-0.39, 0.29) is 0 Å². The van der Waals surface area contributed by atoms with Gasteiger partial charge in [-0.2, -0.15) is 0 Å². The standard InChI is InChI=1S/C27H30/c1-19-7-9-22(10-8-19)11-12-24-5-4-6-25-13-14-26(27(24)25)18-23-16-20(2)15-21(3)17-23/h4-10,15-17,26H,11-14,18H2,1-3H3. The molecule has 4 rings (SSSR count). The maximum Gasteiger partial charge on any atom is -0.0113 e. The molecule has 3 aromatic rings. The molecule has 0 heterocycles. The highest BCUT2D eigenvalue weighted by Gasteiger charge is 2.25. The second-order valence-electron chi connectivity index (χ2n) is 8.41. The molecule has 0 N–H and O–H groups in total. The molecule has 0 heteroatoms. The van der Waals surface area contributed by atoms with Crippen LogP contribution in [0.15, 0.2) is 60.7 Å². The van der Waals surface area contributed by atoms with Gasteiger partial charge in [-0.1, -0.05) is 77.4 Å². The van der Waals surface area contributed by atoms with E-state index < -0.39 is 0 Å². The fourth-order valence-corrected chi connectivity index (χ4v) is 4.81. The van der Waals surface area contributed by atoms with Crippen LogP contribution in [0.25, 0.3) is 0 Å². The Kier molecular flexibility index (Phi) is 5.16. The Hall–Kier alpha value is -2.34. The van der Waals surface area contributed by atoms with Crippen molar-refractivity contribution in [3.05, 3.63) is 105 Å². The molecule has 1 aliphatic rings. The van der Waals surface area contributed by atoms with Crippen molar-refractivity contribution in [2.24, 2.45) is 0 Å². The maximum absolute atomic E-state index is 2.37. The highest BCUT2D eigenvalue weighted by molar-refractivity contribution is 5.43. The third-order valence-corrected chi connectivity index (χ3v) is 6.02. The van der Waals surface area contributed by atoms with Crippen LogP contribution in [-0.2, 0) is 25.7 Å². The Balaban J connectivity index is 1.55. The van der Waals surface area contributed by atoms with Gasteiger partial charge in [-0.25, -0.2) is 0 Å². The van der Waals surface area contributed by atoms with Crippen LogP contribution in [0.2, 0.25) is 0 Å². The number of rotatable bonds is 5. The summed E-state index contributed by atoms with van der Waals surface area (Å²) in [6.45, 7) is 6.59. The van der Waals surface area contributed by atoms with Gasteiger partial charge >= 0.3 is 0 Å². The van der Waals surface area contributed by atoms with Crippen molar-refractivity contribution in [3.8, 4) is 0 Å². The Morgan fingerprint density at radius 1 is 0.741 bits per heavy atom. The van der Waals surface area contributed by atoms with Gasteiger partial charge in [-0.15, -0.1) is 0 Å². The lowest BCUT2D eigenvalue weighted by Gasteiger charge is -2.17. The monoisotopic (exact) mass is 354 g/mol. The summed E-state index contributed by atoms with van der Waals surface area (Å²) < 4.78 is 0. The van der Waals surface area contributed by atoms with E-state index in [9.17, 15) is 0 Å². The zero-order chi connectivity index (χ0) is 18.8. The predicted octanol–water partition coefficient (Wildman–Crippen LogP) is 6.67. The van der Waals surface area contributed by atoms with Crippen molar-refractivity contribution in [2.75, 3.05) is 0 Å². The summed E-state index contributed by atoms with van der Waals surface area (Å²) in [5, 5.41) is 0. The van der Waals surface area contributed by atoms with Gasteiger partial charge in [-0.05, 0) is 86.6 Å². The molecule has 27 heavy (non-hydrogen) atoms. The molecule has 138 valence electrons. The van der Waals surface area contributed by atoms with E-state index in [0.717, 1.165) is 12.8 Å². The maximum atomic E-state index is 2.37. The van der Waals surface area contributed by atoms with E-state index in [2.05, 4.69) is 81.4 Å². The quantitative estimate of drug-likeness (QED) is 0.480. The molecule has 1 aliphatic carbocycles. The first-order valence-corrected chi connectivity index (χ1v) is 10.3. The van der Waals surface area contributed by atoms with Gasteiger partial charge in [0.05, 0.1) is 0 Å². The average Bonchev–Trinajstić information content (AvgIpc) is 3.04. The molecule has 1 atom stereocenters. The summed E-state index contributed by atoms with van der Waals surface area (Å²) in [5.41, 5.74) is 11.9. The van der Waals surface area contributed by atoms with Crippen LogP contribution in [0.4, 0.5) is 0 Å². The van der Waals surface area contributed by atoms with Crippen LogP contribution in [0.5, 0.6) is 0 Å². The largest absolute Gasteiger partial charge is 0.0617 e. The van der Waals surface area contributed by atoms with Crippen molar-refractivity contribution in [3.63, 3.8) is 0 Å². The van der Waals surface area contributed by atoms with E-state index in [1.54, 1.807) is 16.7 Å². The first kappa shape index (κ1) is 18.0. The molecule has 0 saturated heterocycles. The molecule has 0 saturated carbocycles. The minimum Gasteiger partial charge on any atom is -0.0617 e. The molecule has 3 aromatic carbocycles. The molecular weight excluding hydrogens is 324 g/mol. The van der Waals surface area contributed by atoms with Gasteiger partial charge < -0.3 is 0 Å². The zero-order valence-corrected chi connectivity index (χ0v) is 16.9. The molecule has 0 fully saturated rings. The Labute approximate surface area is 164 Å². The minimum absolute atomic E-state index is 0.676. The lowest BCUT2D eigenvalue weighted by Crippen LogP contribution is -2.04. The summed E-state index contributed by atoms with van der Waals surface area (Å²) >= 11 is 0. The van der Waals surface area contributed by atoms with E-state index in [4.69, 9.17) is 0 Å². The van der Waals surface area contributed by atoms with Crippen molar-refractivity contribution in [1.82, 2.24) is 0 Å². The fourth-order valence-electron chi connectivity index (χ4n) is 4.81. The molecule has 0 amide bonds. The lowest BCUT2D eigenvalue weighted by molar-refractivity contribution is 0.667. The van der Waals surface area contributed by atoms with Gasteiger partial charge in [0.2, 0.25) is 0 Å². The van der Waals surface area contributed by atoms with Crippen molar-refractivity contribution in [1.29, 1.82) is 0 Å². The zero-order valence-electron chi connectivity index (χ0n) is 16.9. The Bertz CT molecular complexity index is 911. The number of hydrogen-bond donors (Lipinski definition) is 0. The number of aryl methyl sites for hydroxylation is 6. The van der Waals surface area contributed by atoms with Crippen molar-refractivity contribution >= 4 is 0 Å². The van der Waals surface area contributed by atoms with Gasteiger partial charge in [0, 0.05) is 0 Å². The smallest absolute Gasteiger partial charge is 0.0113 e. The SMILES string of the molecule is Cc1ccc(CCc2cccc3c2C(Cc2cc(C)cc(C)c2)CC3)cc1. The van der Waals surface area contributed by atoms with Gasteiger partial charge in [0.15, 0.2) is 0 Å². The number of fused-ring (bicyclic) bond motifs is 1. The second-order valence-corrected chi connectivity index (χ2v) is 8.41. The average molecular weight is 355 g/mol. The summed E-state index contributed by atoms with van der Waals surface area (Å²) in [5.74, 6) is 0.676. The van der Waals surface area contributed by atoms with Crippen molar-refractivity contribution in [2.45, 2.75) is 58.8 Å². The summed E-state index contributed by atoms with van der Waals surface area (Å²) in [6.07, 6.45) is 5.99. The van der Waals surface area contributed by atoms with E-state index in [0.29, 0.717) is 5.92 Å². The first-order valence-electron chi connectivity index (χ1n) is 10.3. The number of benzene rings is 3. The van der Waals surface area contributed by atoms with Crippen molar-refractivity contribution < 1.29 is 0 Å². The highest BCUT2D eigenvalue weighted by Crippen LogP contribution is 2.38. The summed E-state index contributed by atoms with van der Waals surface area (Å²) in [4.78, 5) is 0. The van der Waals surface area contributed by atoms with Crippen LogP contribution in [0, 0.1) is 20.8 Å². The van der Waals surface area contributed by atoms with Crippen LogP contribution >= 0.6 is 0 Å². The lowest BCUT2D eigenvalue weighted by atomic mass is 9.87. The number of hydrogen-bond acceptors (Lipinski definition) is 0. The molecular formula is C27H30. The fraction of sp³-hybridized carbons (Fsp3) is 0.333. The van der Waals surface area contributed by atoms with Gasteiger partial charge in [0.25, 0.3) is 0 Å². The van der Waals surface area contributed by atoms with Gasteiger partial charge in [-0.3, -0.25) is 0 Å². The molecule has 0 aromatic heterocycles. The Morgan fingerprint density at radius 2 is 1.48 bits per heavy atom. The van der Waals surface area contributed by atoms with Crippen LogP contribution in [-0.4, -0.2) is 0 Å². The third-order valence-electron chi connectivity index (χ3n) is 6.02. The van der Waals surface area contributed by atoms with Crippen LogP contribution in [0.1, 0.15) is 56.8 Å². The highest BCUT2D eigenvalue weighted by atomic mass is 14.3. The second kappa shape index (κ2) is 7.72. The normalized spacial score (nSPS) is 15.7. The molecule has 0 nitrogen and oxygen atoms in total. The first-order chi connectivity index (χ1) is 13.1. The van der Waals surface area contributed by atoms with E-state index in [1.807, 2.05) is 0 Å². The third kappa shape index (κ3) is 4.16. The molecule has 0 bridgehead atoms. The molecule has 0 aliphatic heterocycles. The molecule has 1 unspecified atom stereocenters. The Morgan fingerprint density at radius 3 is 2.22 bits per heavy atom. The van der Waals surface area contributed by atoms with E-state index >= 15 is 0 Å². The molecule has 0 spiro atoms. The summed E-state index contributed by atoms with van der Waals surface area (Å²) in [7, 11) is 0. The predicted molar refractivity (Wildman–Crippen MR) is 116 cm³/mol. The summed E-state index contributed by atoms with van der Waals surface area (Å²) in [6, 6.07) is 23.0. The van der Waals surface area contributed by atoms with Crippen LogP contribution in [0.3, 0.4) is 0 Å². The molecule has 0 radical (unpaired) electrons.